The van der Waals surface area contributed by atoms with Crippen LogP contribution in [0, 0.1) is 13.8 Å². The number of aromatic nitrogens is 2. The Hall–Kier alpha value is -2.63. The third kappa shape index (κ3) is 4.36. The van der Waals surface area contributed by atoms with Gasteiger partial charge in [-0.15, -0.1) is 0 Å². The number of hydrogen-bond acceptors (Lipinski definition) is 3. The maximum atomic E-state index is 13.1. The van der Waals surface area contributed by atoms with Gasteiger partial charge in [-0.3, -0.25) is 14.3 Å². The van der Waals surface area contributed by atoms with Gasteiger partial charge in [0.25, 0.3) is 0 Å². The summed E-state index contributed by atoms with van der Waals surface area (Å²) in [6.45, 7) is 5.52. The Morgan fingerprint density at radius 2 is 1.79 bits per heavy atom. The van der Waals surface area contributed by atoms with E-state index in [4.69, 9.17) is 23.2 Å². The van der Waals surface area contributed by atoms with Crippen LogP contribution in [-0.2, 0) is 4.79 Å². The standard InChI is InChI=1S/C22H21Cl2N3O2/c1-4-19(27-14(3)20(24)13(2)26-27)22(29)25-18-11-10-16(23)12-17(18)21(28)15-8-6-5-7-9-15/h5-12,19H,4H2,1-3H3,(H,25,29). The van der Waals surface area contributed by atoms with E-state index in [-0.39, 0.29) is 11.7 Å². The predicted octanol–water partition coefficient (Wildman–Crippen LogP) is 5.63. The van der Waals surface area contributed by atoms with E-state index in [1.807, 2.05) is 19.9 Å². The highest BCUT2D eigenvalue weighted by atomic mass is 35.5. The highest BCUT2D eigenvalue weighted by Crippen LogP contribution is 2.27. The summed E-state index contributed by atoms with van der Waals surface area (Å²) in [7, 11) is 0. The van der Waals surface area contributed by atoms with Crippen molar-refractivity contribution < 1.29 is 9.59 Å². The van der Waals surface area contributed by atoms with Crippen LogP contribution < -0.4 is 5.32 Å². The molecule has 1 aromatic heterocycles. The smallest absolute Gasteiger partial charge is 0.249 e. The summed E-state index contributed by atoms with van der Waals surface area (Å²) in [6.07, 6.45) is 0.514. The molecule has 0 radical (unpaired) electrons. The molecule has 0 aliphatic carbocycles. The summed E-state index contributed by atoms with van der Waals surface area (Å²) in [5, 5.41) is 8.23. The van der Waals surface area contributed by atoms with Crippen LogP contribution in [0.15, 0.2) is 48.5 Å². The maximum absolute atomic E-state index is 13.1. The van der Waals surface area contributed by atoms with Crippen LogP contribution in [0.4, 0.5) is 5.69 Å². The van der Waals surface area contributed by atoms with Crippen LogP contribution >= 0.6 is 23.2 Å². The Morgan fingerprint density at radius 1 is 1.10 bits per heavy atom. The van der Waals surface area contributed by atoms with Gasteiger partial charge in [-0.25, -0.2) is 0 Å². The zero-order valence-corrected chi connectivity index (χ0v) is 17.9. The van der Waals surface area contributed by atoms with Gasteiger partial charge in [-0.1, -0.05) is 60.5 Å². The molecule has 0 aliphatic heterocycles. The van der Waals surface area contributed by atoms with Crippen LogP contribution in [0.5, 0.6) is 0 Å². The SMILES string of the molecule is CCC(C(=O)Nc1ccc(Cl)cc1C(=O)c1ccccc1)n1nc(C)c(Cl)c1C. The number of carbonyl (C=O) groups is 2. The van der Waals surface area contributed by atoms with Gasteiger partial charge >= 0.3 is 0 Å². The first-order chi connectivity index (χ1) is 13.8. The lowest BCUT2D eigenvalue weighted by molar-refractivity contribution is -0.119. The van der Waals surface area contributed by atoms with Gasteiger partial charge in [-0.2, -0.15) is 5.10 Å². The largest absolute Gasteiger partial charge is 0.324 e. The molecule has 0 spiro atoms. The van der Waals surface area contributed by atoms with Gasteiger partial charge < -0.3 is 5.32 Å². The van der Waals surface area contributed by atoms with E-state index in [1.54, 1.807) is 54.1 Å². The monoisotopic (exact) mass is 429 g/mol. The predicted molar refractivity (Wildman–Crippen MR) is 116 cm³/mol. The number of hydrogen-bond donors (Lipinski definition) is 1. The number of carbonyl (C=O) groups excluding carboxylic acids is 2. The number of nitrogens with one attached hydrogen (secondary N) is 1. The molecule has 0 saturated heterocycles. The van der Waals surface area contributed by atoms with Crippen molar-refractivity contribution in [2.75, 3.05) is 5.32 Å². The minimum atomic E-state index is -0.559. The van der Waals surface area contributed by atoms with Crippen LogP contribution in [0.3, 0.4) is 0 Å². The molecule has 3 aromatic rings. The van der Waals surface area contributed by atoms with E-state index in [2.05, 4.69) is 10.4 Å². The number of aryl methyl sites for hydroxylation is 1. The van der Waals surface area contributed by atoms with Crippen molar-refractivity contribution >= 4 is 40.6 Å². The lowest BCUT2D eigenvalue weighted by atomic mass is 10.0. The molecule has 7 heteroatoms. The fourth-order valence-electron chi connectivity index (χ4n) is 3.19. The van der Waals surface area contributed by atoms with Crippen molar-refractivity contribution in [3.8, 4) is 0 Å². The molecular formula is C22H21Cl2N3O2. The summed E-state index contributed by atoms with van der Waals surface area (Å²) in [6, 6.07) is 13.1. The molecule has 5 nitrogen and oxygen atoms in total. The van der Waals surface area contributed by atoms with Crippen LogP contribution in [0.2, 0.25) is 10.0 Å². The third-order valence-corrected chi connectivity index (χ3v) is 5.52. The molecule has 0 saturated carbocycles. The van der Waals surface area contributed by atoms with Crippen molar-refractivity contribution in [1.82, 2.24) is 9.78 Å². The summed E-state index contributed by atoms with van der Waals surface area (Å²) >= 11 is 12.4. The van der Waals surface area contributed by atoms with Gasteiger partial charge in [0.15, 0.2) is 5.78 Å². The molecular weight excluding hydrogens is 409 g/mol. The van der Waals surface area contributed by atoms with Gasteiger partial charge in [-0.05, 0) is 38.5 Å². The first-order valence-electron chi connectivity index (χ1n) is 9.24. The lowest BCUT2D eigenvalue weighted by Crippen LogP contribution is -2.28. The Morgan fingerprint density at radius 3 is 2.38 bits per heavy atom. The number of amides is 1. The quantitative estimate of drug-likeness (QED) is 0.516. The van der Waals surface area contributed by atoms with Crippen molar-refractivity contribution in [3.05, 3.63) is 81.1 Å². The van der Waals surface area contributed by atoms with E-state index in [0.29, 0.717) is 39.0 Å². The second-order valence-corrected chi connectivity index (χ2v) is 7.54. The number of benzene rings is 2. The number of rotatable bonds is 6. The number of nitrogens with zero attached hydrogens (tertiary/aromatic N) is 2. The van der Waals surface area contributed by atoms with E-state index in [0.717, 1.165) is 5.69 Å². The molecule has 1 unspecified atom stereocenters. The maximum Gasteiger partial charge on any atom is 0.249 e. The first kappa shape index (κ1) is 21.1. The number of anilines is 1. The Labute approximate surface area is 179 Å². The van der Waals surface area contributed by atoms with E-state index in [9.17, 15) is 9.59 Å². The molecule has 1 N–H and O–H groups in total. The van der Waals surface area contributed by atoms with Crippen LogP contribution in [0.1, 0.15) is 46.7 Å². The van der Waals surface area contributed by atoms with Gasteiger partial charge in [0.1, 0.15) is 6.04 Å². The molecule has 2 aromatic carbocycles. The summed E-state index contributed by atoms with van der Waals surface area (Å²) in [5.41, 5.74) is 2.64. The Bertz CT molecular complexity index is 1060. The molecule has 150 valence electrons. The fraction of sp³-hybridized carbons (Fsp3) is 0.227. The zero-order chi connectivity index (χ0) is 21.1. The minimum absolute atomic E-state index is 0.217. The van der Waals surface area contributed by atoms with Crippen molar-refractivity contribution in [1.29, 1.82) is 0 Å². The van der Waals surface area contributed by atoms with Gasteiger partial charge in [0.2, 0.25) is 5.91 Å². The number of ketones is 1. The highest BCUT2D eigenvalue weighted by Gasteiger charge is 2.25. The number of halogens is 2. The third-order valence-electron chi connectivity index (χ3n) is 4.74. The van der Waals surface area contributed by atoms with Crippen molar-refractivity contribution in [2.45, 2.75) is 33.2 Å². The topological polar surface area (TPSA) is 64.0 Å². The minimum Gasteiger partial charge on any atom is -0.324 e. The molecule has 1 atom stereocenters. The van der Waals surface area contributed by atoms with E-state index in [1.165, 1.54) is 0 Å². The average Bonchev–Trinajstić information content (AvgIpc) is 2.97. The highest BCUT2D eigenvalue weighted by molar-refractivity contribution is 6.32. The molecule has 29 heavy (non-hydrogen) atoms. The summed E-state index contributed by atoms with van der Waals surface area (Å²) in [4.78, 5) is 26.0. The summed E-state index contributed by atoms with van der Waals surface area (Å²) < 4.78 is 1.63. The molecule has 0 bridgehead atoms. The van der Waals surface area contributed by atoms with Crippen LogP contribution in [0.25, 0.3) is 0 Å². The molecule has 0 fully saturated rings. The Kier molecular flexibility index (Phi) is 6.40. The zero-order valence-electron chi connectivity index (χ0n) is 16.4. The fourth-order valence-corrected chi connectivity index (χ4v) is 3.49. The van der Waals surface area contributed by atoms with Gasteiger partial charge in [0.05, 0.1) is 22.1 Å². The average molecular weight is 430 g/mol. The van der Waals surface area contributed by atoms with Crippen LogP contribution in [-0.4, -0.2) is 21.5 Å². The van der Waals surface area contributed by atoms with E-state index >= 15 is 0 Å². The normalized spacial score (nSPS) is 11.9. The second kappa shape index (κ2) is 8.80. The molecule has 1 amide bonds. The van der Waals surface area contributed by atoms with Crippen molar-refractivity contribution in [2.24, 2.45) is 0 Å². The van der Waals surface area contributed by atoms with Gasteiger partial charge in [0, 0.05) is 16.1 Å². The molecule has 3 rings (SSSR count). The Balaban J connectivity index is 1.94. The van der Waals surface area contributed by atoms with Crippen molar-refractivity contribution in [3.63, 3.8) is 0 Å². The second-order valence-electron chi connectivity index (χ2n) is 6.73. The summed E-state index contributed by atoms with van der Waals surface area (Å²) in [5.74, 6) is -0.496. The van der Waals surface area contributed by atoms with E-state index < -0.39 is 6.04 Å². The first-order valence-corrected chi connectivity index (χ1v) is 10.0. The molecule has 0 aliphatic rings. The lowest BCUT2D eigenvalue weighted by Gasteiger charge is -2.19. The molecule has 1 heterocycles.